The molecule has 1 aliphatic rings. The minimum absolute atomic E-state index is 0.0709. The summed E-state index contributed by atoms with van der Waals surface area (Å²) in [6, 6.07) is 6.22. The summed E-state index contributed by atoms with van der Waals surface area (Å²) in [5, 5.41) is 8.83. The molecule has 0 spiro atoms. The van der Waals surface area contributed by atoms with E-state index in [1.807, 2.05) is 6.07 Å². The number of aryl methyl sites for hydroxylation is 2. The number of nitrogens with zero attached hydrogens (tertiary/aromatic N) is 1. The molecule has 4 heteroatoms. The third-order valence-electron chi connectivity index (χ3n) is 3.30. The van der Waals surface area contributed by atoms with Gasteiger partial charge in [0.05, 0.1) is 19.1 Å². The monoisotopic (exact) mass is 249 g/mol. The van der Waals surface area contributed by atoms with Crippen LogP contribution < -0.4 is 4.90 Å². The molecule has 1 fully saturated rings. The summed E-state index contributed by atoms with van der Waals surface area (Å²) >= 11 is 0. The fourth-order valence-corrected chi connectivity index (χ4v) is 2.55. The number of anilines is 1. The highest BCUT2D eigenvalue weighted by Gasteiger charge is 2.24. The molecule has 1 atom stereocenters. The quantitative estimate of drug-likeness (QED) is 0.890. The van der Waals surface area contributed by atoms with Gasteiger partial charge in [0.15, 0.2) is 0 Å². The van der Waals surface area contributed by atoms with Crippen LogP contribution >= 0.6 is 0 Å². The van der Waals surface area contributed by atoms with Gasteiger partial charge < -0.3 is 14.7 Å². The van der Waals surface area contributed by atoms with Crippen molar-refractivity contribution in [2.24, 2.45) is 0 Å². The zero-order valence-corrected chi connectivity index (χ0v) is 10.8. The third-order valence-corrected chi connectivity index (χ3v) is 3.30. The van der Waals surface area contributed by atoms with Crippen LogP contribution in [0.3, 0.4) is 0 Å². The van der Waals surface area contributed by atoms with Gasteiger partial charge in [-0.25, -0.2) is 0 Å². The number of carboxylic acids is 1. The molecule has 1 aliphatic heterocycles. The van der Waals surface area contributed by atoms with E-state index in [4.69, 9.17) is 9.84 Å². The van der Waals surface area contributed by atoms with Gasteiger partial charge in [0.25, 0.3) is 0 Å². The molecular formula is C14H19NO3. The Labute approximate surface area is 107 Å². The Morgan fingerprint density at radius 1 is 1.44 bits per heavy atom. The molecule has 18 heavy (non-hydrogen) atoms. The summed E-state index contributed by atoms with van der Waals surface area (Å²) in [6.45, 7) is 6.24. The number of ether oxygens (including phenoxy) is 1. The zero-order valence-electron chi connectivity index (χ0n) is 10.8. The molecule has 1 N–H and O–H groups in total. The van der Waals surface area contributed by atoms with E-state index in [9.17, 15) is 4.79 Å². The lowest BCUT2D eigenvalue weighted by atomic mass is 10.1. The van der Waals surface area contributed by atoms with E-state index in [2.05, 4.69) is 30.9 Å². The average Bonchev–Trinajstić information content (AvgIpc) is 2.28. The molecule has 1 unspecified atom stereocenters. The van der Waals surface area contributed by atoms with E-state index in [1.54, 1.807) is 0 Å². The van der Waals surface area contributed by atoms with E-state index < -0.39 is 5.97 Å². The van der Waals surface area contributed by atoms with Crippen molar-refractivity contribution in [1.82, 2.24) is 0 Å². The highest BCUT2D eigenvalue weighted by molar-refractivity contribution is 5.67. The minimum Gasteiger partial charge on any atom is -0.481 e. The Kier molecular flexibility index (Phi) is 3.87. The Bertz CT molecular complexity index is 424. The van der Waals surface area contributed by atoms with Crippen LogP contribution in [-0.4, -0.2) is 36.9 Å². The highest BCUT2D eigenvalue weighted by atomic mass is 16.5. The van der Waals surface area contributed by atoms with Crippen LogP contribution in [0.25, 0.3) is 0 Å². The first-order valence-electron chi connectivity index (χ1n) is 6.22. The van der Waals surface area contributed by atoms with Crippen molar-refractivity contribution in [3.63, 3.8) is 0 Å². The van der Waals surface area contributed by atoms with Crippen LogP contribution in [-0.2, 0) is 9.53 Å². The van der Waals surface area contributed by atoms with Crippen LogP contribution in [0.1, 0.15) is 17.5 Å². The second-order valence-corrected chi connectivity index (χ2v) is 4.78. The summed E-state index contributed by atoms with van der Waals surface area (Å²) in [4.78, 5) is 13.0. The van der Waals surface area contributed by atoms with Gasteiger partial charge >= 0.3 is 5.97 Å². The van der Waals surface area contributed by atoms with Crippen LogP contribution in [0, 0.1) is 13.8 Å². The number of benzene rings is 1. The molecular weight excluding hydrogens is 230 g/mol. The topological polar surface area (TPSA) is 49.8 Å². The number of aliphatic carboxylic acids is 1. The largest absolute Gasteiger partial charge is 0.481 e. The van der Waals surface area contributed by atoms with Gasteiger partial charge in [-0.3, -0.25) is 4.79 Å². The summed E-state index contributed by atoms with van der Waals surface area (Å²) in [5.74, 6) is -0.802. The Morgan fingerprint density at radius 2 is 2.11 bits per heavy atom. The molecule has 1 aromatic carbocycles. The first-order chi connectivity index (χ1) is 8.58. The second kappa shape index (κ2) is 5.40. The highest BCUT2D eigenvalue weighted by Crippen LogP contribution is 2.26. The Morgan fingerprint density at radius 3 is 2.72 bits per heavy atom. The molecule has 0 aromatic heterocycles. The molecule has 0 amide bonds. The maximum absolute atomic E-state index is 10.7. The number of hydrogen-bond acceptors (Lipinski definition) is 3. The maximum Gasteiger partial charge on any atom is 0.306 e. The van der Waals surface area contributed by atoms with Crippen LogP contribution in [0.5, 0.6) is 0 Å². The third kappa shape index (κ3) is 2.82. The second-order valence-electron chi connectivity index (χ2n) is 4.78. The summed E-state index contributed by atoms with van der Waals surface area (Å²) in [6.07, 6.45) is -0.142. The molecule has 0 saturated carbocycles. The molecule has 1 aromatic rings. The lowest BCUT2D eigenvalue weighted by Gasteiger charge is -2.35. The Hall–Kier alpha value is -1.55. The van der Waals surface area contributed by atoms with Crippen molar-refractivity contribution in [2.75, 3.05) is 24.6 Å². The van der Waals surface area contributed by atoms with Gasteiger partial charge in [0.2, 0.25) is 0 Å². The van der Waals surface area contributed by atoms with Gasteiger partial charge in [-0.1, -0.05) is 18.2 Å². The van der Waals surface area contributed by atoms with Gasteiger partial charge in [-0.15, -0.1) is 0 Å². The van der Waals surface area contributed by atoms with E-state index >= 15 is 0 Å². The van der Waals surface area contributed by atoms with Crippen molar-refractivity contribution in [3.8, 4) is 0 Å². The summed E-state index contributed by atoms with van der Waals surface area (Å²) < 4.78 is 5.50. The standard InChI is InChI=1S/C14H19NO3/c1-10-4-3-5-11(2)14(10)15-6-7-18-12(9-15)8-13(16)17/h3-5,12H,6-9H2,1-2H3,(H,16,17). The molecule has 4 nitrogen and oxygen atoms in total. The number of rotatable bonds is 3. The van der Waals surface area contributed by atoms with Crippen molar-refractivity contribution < 1.29 is 14.6 Å². The van der Waals surface area contributed by atoms with Crippen molar-refractivity contribution in [1.29, 1.82) is 0 Å². The predicted octanol–water partition coefficient (Wildman–Crippen LogP) is 1.98. The van der Waals surface area contributed by atoms with Crippen LogP contribution in [0.2, 0.25) is 0 Å². The number of morpholine rings is 1. The van der Waals surface area contributed by atoms with Crippen molar-refractivity contribution in [3.05, 3.63) is 29.3 Å². The van der Waals surface area contributed by atoms with Crippen molar-refractivity contribution >= 4 is 11.7 Å². The first kappa shape index (κ1) is 12.9. The molecule has 0 aliphatic carbocycles. The van der Waals surface area contributed by atoms with Crippen LogP contribution in [0.15, 0.2) is 18.2 Å². The molecule has 1 saturated heterocycles. The molecule has 1 heterocycles. The lowest BCUT2D eigenvalue weighted by molar-refractivity contribution is -0.140. The lowest BCUT2D eigenvalue weighted by Crippen LogP contribution is -2.43. The average molecular weight is 249 g/mol. The van der Waals surface area contributed by atoms with Gasteiger partial charge in [0, 0.05) is 18.8 Å². The summed E-state index contributed by atoms with van der Waals surface area (Å²) in [5.41, 5.74) is 3.67. The number of para-hydroxylation sites is 1. The fraction of sp³-hybridized carbons (Fsp3) is 0.500. The SMILES string of the molecule is Cc1cccc(C)c1N1CCOC(CC(=O)O)C1. The maximum atomic E-state index is 10.7. The smallest absolute Gasteiger partial charge is 0.306 e. The zero-order chi connectivity index (χ0) is 13.1. The van der Waals surface area contributed by atoms with Gasteiger partial charge in [-0.2, -0.15) is 0 Å². The first-order valence-corrected chi connectivity index (χ1v) is 6.22. The van der Waals surface area contributed by atoms with E-state index in [-0.39, 0.29) is 12.5 Å². The Balaban J connectivity index is 2.15. The van der Waals surface area contributed by atoms with Gasteiger partial charge in [-0.05, 0) is 25.0 Å². The number of carbonyl (C=O) groups is 1. The summed E-state index contributed by atoms with van der Waals surface area (Å²) in [7, 11) is 0. The van der Waals surface area contributed by atoms with Crippen molar-refractivity contribution in [2.45, 2.75) is 26.4 Å². The normalized spacial score (nSPS) is 19.9. The van der Waals surface area contributed by atoms with Gasteiger partial charge in [0.1, 0.15) is 0 Å². The predicted molar refractivity (Wildman–Crippen MR) is 70.1 cm³/mol. The van der Waals surface area contributed by atoms with Crippen LogP contribution in [0.4, 0.5) is 5.69 Å². The fourth-order valence-electron chi connectivity index (χ4n) is 2.55. The number of carboxylic acid groups (broad SMARTS) is 1. The van der Waals surface area contributed by atoms with E-state index in [0.717, 1.165) is 6.54 Å². The molecule has 0 bridgehead atoms. The number of hydrogen-bond donors (Lipinski definition) is 1. The minimum atomic E-state index is -0.802. The molecule has 98 valence electrons. The van der Waals surface area contributed by atoms with E-state index in [0.29, 0.717) is 13.2 Å². The van der Waals surface area contributed by atoms with E-state index in [1.165, 1.54) is 16.8 Å². The molecule has 2 rings (SSSR count). The molecule has 0 radical (unpaired) electrons.